The Kier molecular flexibility index (Phi) is 6.85. The number of rotatable bonds is 6. The zero-order valence-corrected chi connectivity index (χ0v) is 10.7. The number of hydrogen-bond donors (Lipinski definition) is 2. The van der Waals surface area contributed by atoms with Gasteiger partial charge in [0.15, 0.2) is 0 Å². The number of nitrogens with zero attached hydrogens (tertiary/aromatic N) is 1. The maximum absolute atomic E-state index is 11.8. The van der Waals surface area contributed by atoms with Crippen LogP contribution in [-0.4, -0.2) is 24.9 Å². The molecule has 0 aromatic heterocycles. The molecule has 0 aromatic rings. The third-order valence-electron chi connectivity index (χ3n) is 3.19. The topological polar surface area (TPSA) is 82.0 Å². The van der Waals surface area contributed by atoms with Crippen LogP contribution in [0.15, 0.2) is 0 Å². The zero-order chi connectivity index (χ0) is 13.2. The molecule has 0 radical (unpaired) electrons. The van der Waals surface area contributed by atoms with E-state index < -0.39 is 0 Å². The Morgan fingerprint density at radius 2 is 1.78 bits per heavy atom. The summed E-state index contributed by atoms with van der Waals surface area (Å²) in [4.78, 5) is 22.7. The summed E-state index contributed by atoms with van der Waals surface area (Å²) < 4.78 is 0. The molecule has 0 aliphatic heterocycles. The predicted molar refractivity (Wildman–Crippen MR) is 67.4 cm³/mol. The summed E-state index contributed by atoms with van der Waals surface area (Å²) in [5.74, 6) is 0.0843. The number of nitrogens with one attached hydrogen (secondary N) is 2. The van der Waals surface area contributed by atoms with Crippen LogP contribution in [-0.2, 0) is 9.59 Å². The Balaban J connectivity index is 2.02. The summed E-state index contributed by atoms with van der Waals surface area (Å²) in [5, 5.41) is 13.8. The van der Waals surface area contributed by atoms with E-state index >= 15 is 0 Å². The van der Waals surface area contributed by atoms with E-state index in [0.29, 0.717) is 19.5 Å². The molecular weight excluding hydrogens is 230 g/mol. The first-order valence-electron chi connectivity index (χ1n) is 6.65. The minimum atomic E-state index is -0.254. The normalized spacial score (nSPS) is 15.7. The van der Waals surface area contributed by atoms with E-state index in [2.05, 4.69) is 10.6 Å². The number of carbonyl (C=O) groups is 2. The summed E-state index contributed by atoms with van der Waals surface area (Å²) in [5.41, 5.74) is 0. The predicted octanol–water partition coefficient (Wildman–Crippen LogP) is 1.10. The van der Waals surface area contributed by atoms with Gasteiger partial charge >= 0.3 is 0 Å². The minimum absolute atomic E-state index is 0.103. The second kappa shape index (κ2) is 8.51. The smallest absolute Gasteiger partial charge is 0.234 e. The highest BCUT2D eigenvalue weighted by molar-refractivity contribution is 5.79. The van der Waals surface area contributed by atoms with E-state index in [9.17, 15) is 9.59 Å². The van der Waals surface area contributed by atoms with Crippen LogP contribution < -0.4 is 10.6 Å². The number of carbonyl (C=O) groups excluding carboxylic acids is 2. The maximum Gasteiger partial charge on any atom is 0.234 e. The fourth-order valence-corrected chi connectivity index (χ4v) is 2.17. The summed E-state index contributed by atoms with van der Waals surface area (Å²) in [6.07, 6.45) is 6.17. The lowest BCUT2D eigenvalue weighted by atomic mass is 9.89. The Morgan fingerprint density at radius 1 is 1.11 bits per heavy atom. The van der Waals surface area contributed by atoms with Crippen LogP contribution in [0.5, 0.6) is 0 Å². The average Bonchev–Trinajstić information content (AvgIpc) is 2.39. The van der Waals surface area contributed by atoms with Gasteiger partial charge < -0.3 is 10.6 Å². The Hall–Kier alpha value is -1.57. The monoisotopic (exact) mass is 251 g/mol. The van der Waals surface area contributed by atoms with Crippen LogP contribution >= 0.6 is 0 Å². The second-order valence-electron chi connectivity index (χ2n) is 4.66. The molecule has 2 amide bonds. The third-order valence-corrected chi connectivity index (χ3v) is 3.19. The van der Waals surface area contributed by atoms with Gasteiger partial charge in [0.2, 0.25) is 11.8 Å². The van der Waals surface area contributed by atoms with Gasteiger partial charge in [0, 0.05) is 19.0 Å². The highest BCUT2D eigenvalue weighted by atomic mass is 16.2. The summed E-state index contributed by atoms with van der Waals surface area (Å²) in [6.45, 7) is 1.09. The van der Waals surface area contributed by atoms with Crippen molar-refractivity contribution >= 4 is 11.8 Å². The van der Waals surface area contributed by atoms with Crippen molar-refractivity contribution in [3.05, 3.63) is 0 Å². The van der Waals surface area contributed by atoms with Crippen LogP contribution in [0.4, 0.5) is 0 Å². The SMILES string of the molecule is N#CCC(=O)NCCCNC(=O)C1CCCCC1. The quantitative estimate of drug-likeness (QED) is 0.694. The maximum atomic E-state index is 11.8. The molecule has 1 fully saturated rings. The Labute approximate surface area is 108 Å². The van der Waals surface area contributed by atoms with Gasteiger partial charge in [0.05, 0.1) is 6.07 Å². The van der Waals surface area contributed by atoms with Crippen molar-refractivity contribution in [2.45, 2.75) is 44.9 Å². The van der Waals surface area contributed by atoms with E-state index in [1.807, 2.05) is 0 Å². The standard InChI is InChI=1S/C13H21N3O2/c14-8-7-12(17)15-9-4-10-16-13(18)11-5-2-1-3-6-11/h11H,1-7,9-10H2,(H,15,17)(H,16,18). The molecule has 1 rings (SSSR count). The van der Waals surface area contributed by atoms with Crippen molar-refractivity contribution in [2.75, 3.05) is 13.1 Å². The lowest BCUT2D eigenvalue weighted by Crippen LogP contribution is -2.34. The van der Waals surface area contributed by atoms with Gasteiger partial charge in [-0.15, -0.1) is 0 Å². The molecule has 0 spiro atoms. The molecular formula is C13H21N3O2. The van der Waals surface area contributed by atoms with Gasteiger partial charge in [-0.1, -0.05) is 19.3 Å². The lowest BCUT2D eigenvalue weighted by Gasteiger charge is -2.20. The van der Waals surface area contributed by atoms with Crippen LogP contribution in [0.3, 0.4) is 0 Å². The van der Waals surface area contributed by atoms with Crippen molar-refractivity contribution < 1.29 is 9.59 Å². The summed E-state index contributed by atoms with van der Waals surface area (Å²) in [6, 6.07) is 1.79. The highest BCUT2D eigenvalue weighted by Gasteiger charge is 2.20. The molecule has 0 heterocycles. The molecule has 1 saturated carbocycles. The summed E-state index contributed by atoms with van der Waals surface area (Å²) in [7, 11) is 0. The fraction of sp³-hybridized carbons (Fsp3) is 0.769. The molecule has 18 heavy (non-hydrogen) atoms. The van der Waals surface area contributed by atoms with E-state index in [1.54, 1.807) is 6.07 Å². The Morgan fingerprint density at radius 3 is 2.44 bits per heavy atom. The number of amides is 2. The molecule has 0 saturated heterocycles. The van der Waals surface area contributed by atoms with Gasteiger partial charge in [-0.05, 0) is 19.3 Å². The van der Waals surface area contributed by atoms with Gasteiger partial charge in [-0.25, -0.2) is 0 Å². The third kappa shape index (κ3) is 5.67. The molecule has 2 N–H and O–H groups in total. The van der Waals surface area contributed by atoms with Crippen molar-refractivity contribution in [2.24, 2.45) is 5.92 Å². The minimum Gasteiger partial charge on any atom is -0.356 e. The molecule has 0 bridgehead atoms. The van der Waals surface area contributed by atoms with Crippen LogP contribution in [0.1, 0.15) is 44.9 Å². The Bertz CT molecular complexity index is 317. The van der Waals surface area contributed by atoms with E-state index in [-0.39, 0.29) is 24.2 Å². The van der Waals surface area contributed by atoms with Crippen molar-refractivity contribution in [3.63, 3.8) is 0 Å². The van der Waals surface area contributed by atoms with E-state index in [4.69, 9.17) is 5.26 Å². The average molecular weight is 251 g/mol. The second-order valence-corrected chi connectivity index (χ2v) is 4.66. The van der Waals surface area contributed by atoms with Gasteiger partial charge in [0.25, 0.3) is 0 Å². The van der Waals surface area contributed by atoms with E-state index in [1.165, 1.54) is 6.42 Å². The molecule has 5 nitrogen and oxygen atoms in total. The zero-order valence-electron chi connectivity index (χ0n) is 10.7. The molecule has 0 aromatic carbocycles. The van der Waals surface area contributed by atoms with Crippen molar-refractivity contribution in [3.8, 4) is 6.07 Å². The van der Waals surface area contributed by atoms with Crippen molar-refractivity contribution in [1.29, 1.82) is 5.26 Å². The molecule has 5 heteroatoms. The highest BCUT2D eigenvalue weighted by Crippen LogP contribution is 2.23. The van der Waals surface area contributed by atoms with Gasteiger partial charge in [0.1, 0.15) is 6.42 Å². The molecule has 1 aliphatic carbocycles. The van der Waals surface area contributed by atoms with Gasteiger partial charge in [-0.2, -0.15) is 5.26 Å². The van der Waals surface area contributed by atoms with Crippen LogP contribution in [0.2, 0.25) is 0 Å². The van der Waals surface area contributed by atoms with Crippen LogP contribution in [0.25, 0.3) is 0 Å². The summed E-state index contributed by atoms with van der Waals surface area (Å²) >= 11 is 0. The fourth-order valence-electron chi connectivity index (χ4n) is 2.17. The number of nitriles is 1. The van der Waals surface area contributed by atoms with E-state index in [0.717, 1.165) is 25.7 Å². The van der Waals surface area contributed by atoms with Crippen molar-refractivity contribution in [1.82, 2.24) is 10.6 Å². The first-order chi connectivity index (χ1) is 8.74. The largest absolute Gasteiger partial charge is 0.356 e. The molecule has 0 unspecified atom stereocenters. The number of hydrogen-bond acceptors (Lipinski definition) is 3. The molecule has 0 atom stereocenters. The first kappa shape index (κ1) is 14.5. The molecule has 100 valence electrons. The first-order valence-corrected chi connectivity index (χ1v) is 6.65. The van der Waals surface area contributed by atoms with Gasteiger partial charge in [-0.3, -0.25) is 9.59 Å². The lowest BCUT2D eigenvalue weighted by molar-refractivity contribution is -0.125. The van der Waals surface area contributed by atoms with Crippen LogP contribution in [0, 0.1) is 17.2 Å². The molecule has 1 aliphatic rings.